The molecule has 0 amide bonds. The molecule has 4 rings (SSSR count). The van der Waals surface area contributed by atoms with E-state index in [1.54, 1.807) is 26.0 Å². The standard InChI is InChI=1S/C23H20ClN3O2S/c1-28-17-13-11-16(12-14-17)15-30-23-26-25-22(18-7-3-4-8-19(18)24)27(23)20-9-5-6-10-21(20)29-2/h3-14H,15H2,1-2H3. The van der Waals surface area contributed by atoms with Crippen LogP contribution in [0.15, 0.2) is 78.0 Å². The largest absolute Gasteiger partial charge is 0.497 e. The van der Waals surface area contributed by atoms with Crippen LogP contribution in [0.3, 0.4) is 0 Å². The highest BCUT2D eigenvalue weighted by atomic mass is 35.5. The third-order valence-electron chi connectivity index (χ3n) is 4.60. The maximum Gasteiger partial charge on any atom is 0.196 e. The summed E-state index contributed by atoms with van der Waals surface area (Å²) in [5.74, 6) is 2.97. The second-order valence-electron chi connectivity index (χ2n) is 6.43. The number of methoxy groups -OCH3 is 2. The first-order valence-corrected chi connectivity index (χ1v) is 10.7. The van der Waals surface area contributed by atoms with E-state index >= 15 is 0 Å². The fourth-order valence-corrected chi connectivity index (χ4v) is 4.20. The molecule has 0 N–H and O–H groups in total. The molecule has 0 atom stereocenters. The predicted molar refractivity (Wildman–Crippen MR) is 121 cm³/mol. The Hall–Kier alpha value is -2.96. The molecule has 1 aromatic heterocycles. The molecule has 0 aliphatic heterocycles. The van der Waals surface area contributed by atoms with Crippen LogP contribution in [-0.4, -0.2) is 29.0 Å². The van der Waals surface area contributed by atoms with E-state index in [0.717, 1.165) is 39.2 Å². The Morgan fingerprint density at radius 3 is 2.33 bits per heavy atom. The first kappa shape index (κ1) is 20.3. The van der Waals surface area contributed by atoms with Crippen LogP contribution >= 0.6 is 23.4 Å². The Bertz CT molecular complexity index is 1150. The van der Waals surface area contributed by atoms with Gasteiger partial charge in [0.2, 0.25) is 0 Å². The summed E-state index contributed by atoms with van der Waals surface area (Å²) in [5.41, 5.74) is 2.83. The molecule has 0 aliphatic rings. The maximum absolute atomic E-state index is 6.47. The van der Waals surface area contributed by atoms with Gasteiger partial charge in [-0.1, -0.05) is 59.8 Å². The molecule has 152 valence electrons. The minimum atomic E-state index is 0.618. The fourth-order valence-electron chi connectivity index (χ4n) is 3.08. The molecule has 1 heterocycles. The number of hydrogen-bond acceptors (Lipinski definition) is 5. The number of ether oxygens (including phenoxy) is 2. The molecule has 7 heteroatoms. The van der Waals surface area contributed by atoms with Crippen LogP contribution < -0.4 is 9.47 Å². The summed E-state index contributed by atoms with van der Waals surface area (Å²) < 4.78 is 12.8. The lowest BCUT2D eigenvalue weighted by Gasteiger charge is -2.14. The van der Waals surface area contributed by atoms with E-state index < -0.39 is 0 Å². The van der Waals surface area contributed by atoms with Crippen molar-refractivity contribution in [3.63, 3.8) is 0 Å². The van der Waals surface area contributed by atoms with Gasteiger partial charge >= 0.3 is 0 Å². The van der Waals surface area contributed by atoms with Crippen molar-refractivity contribution in [2.24, 2.45) is 0 Å². The zero-order valence-electron chi connectivity index (χ0n) is 16.6. The van der Waals surface area contributed by atoms with E-state index in [0.29, 0.717) is 10.8 Å². The highest BCUT2D eigenvalue weighted by molar-refractivity contribution is 7.98. The van der Waals surface area contributed by atoms with Gasteiger partial charge in [0, 0.05) is 11.3 Å². The lowest BCUT2D eigenvalue weighted by atomic mass is 10.2. The van der Waals surface area contributed by atoms with Crippen molar-refractivity contribution in [1.82, 2.24) is 14.8 Å². The molecule has 0 unspecified atom stereocenters. The van der Waals surface area contributed by atoms with Gasteiger partial charge in [0.05, 0.1) is 24.9 Å². The topological polar surface area (TPSA) is 49.2 Å². The number of nitrogens with zero attached hydrogens (tertiary/aromatic N) is 3. The van der Waals surface area contributed by atoms with E-state index in [-0.39, 0.29) is 0 Å². The summed E-state index contributed by atoms with van der Waals surface area (Å²) >= 11 is 8.07. The minimum absolute atomic E-state index is 0.618. The van der Waals surface area contributed by atoms with E-state index in [2.05, 4.69) is 10.2 Å². The van der Waals surface area contributed by atoms with Crippen molar-refractivity contribution in [2.75, 3.05) is 14.2 Å². The summed E-state index contributed by atoms with van der Waals surface area (Å²) in [6.07, 6.45) is 0. The summed E-state index contributed by atoms with van der Waals surface area (Å²) in [6.45, 7) is 0. The van der Waals surface area contributed by atoms with Crippen LogP contribution in [0.25, 0.3) is 17.1 Å². The predicted octanol–water partition coefficient (Wildman–Crippen LogP) is 5.90. The monoisotopic (exact) mass is 437 g/mol. The van der Waals surface area contributed by atoms with Gasteiger partial charge in [-0.05, 0) is 42.0 Å². The molecule has 30 heavy (non-hydrogen) atoms. The first-order chi connectivity index (χ1) is 14.7. The molecule has 0 radical (unpaired) electrons. The van der Waals surface area contributed by atoms with Gasteiger partial charge in [0.15, 0.2) is 11.0 Å². The molecule has 0 saturated carbocycles. The first-order valence-electron chi connectivity index (χ1n) is 9.30. The van der Waals surface area contributed by atoms with Gasteiger partial charge in [-0.25, -0.2) is 0 Å². The van der Waals surface area contributed by atoms with Gasteiger partial charge in [-0.15, -0.1) is 10.2 Å². The molecular formula is C23H20ClN3O2S. The zero-order chi connectivity index (χ0) is 20.9. The summed E-state index contributed by atoms with van der Waals surface area (Å²) in [4.78, 5) is 0. The highest BCUT2D eigenvalue weighted by Gasteiger charge is 2.20. The molecule has 4 aromatic rings. The number of para-hydroxylation sites is 2. The average molecular weight is 438 g/mol. The highest BCUT2D eigenvalue weighted by Crippen LogP contribution is 2.35. The Morgan fingerprint density at radius 2 is 1.60 bits per heavy atom. The quantitative estimate of drug-likeness (QED) is 0.337. The van der Waals surface area contributed by atoms with Gasteiger partial charge < -0.3 is 9.47 Å². The smallest absolute Gasteiger partial charge is 0.196 e. The Balaban J connectivity index is 1.76. The number of rotatable bonds is 7. The molecule has 0 bridgehead atoms. The molecule has 0 aliphatic carbocycles. The van der Waals surface area contributed by atoms with E-state index in [9.17, 15) is 0 Å². The van der Waals surface area contributed by atoms with Gasteiger partial charge in [-0.2, -0.15) is 0 Å². The van der Waals surface area contributed by atoms with E-state index in [1.165, 1.54) is 0 Å². The normalized spacial score (nSPS) is 10.8. The lowest BCUT2D eigenvalue weighted by molar-refractivity contribution is 0.412. The van der Waals surface area contributed by atoms with Gasteiger partial charge in [0.1, 0.15) is 11.5 Å². The third kappa shape index (κ3) is 4.15. The summed E-state index contributed by atoms with van der Waals surface area (Å²) in [7, 11) is 3.32. The van der Waals surface area contributed by atoms with Crippen molar-refractivity contribution in [3.8, 4) is 28.6 Å². The average Bonchev–Trinajstić information content (AvgIpc) is 3.21. The van der Waals surface area contributed by atoms with Gasteiger partial charge in [-0.3, -0.25) is 4.57 Å². The second-order valence-corrected chi connectivity index (χ2v) is 7.78. The Morgan fingerprint density at radius 1 is 0.867 bits per heavy atom. The van der Waals surface area contributed by atoms with Crippen LogP contribution in [0.2, 0.25) is 5.02 Å². The Labute approximate surface area is 184 Å². The molecular weight excluding hydrogens is 418 g/mol. The van der Waals surface area contributed by atoms with Crippen LogP contribution in [0.1, 0.15) is 5.56 Å². The molecule has 3 aromatic carbocycles. The van der Waals surface area contributed by atoms with Crippen molar-refractivity contribution < 1.29 is 9.47 Å². The van der Waals surface area contributed by atoms with Crippen molar-refractivity contribution in [3.05, 3.63) is 83.4 Å². The minimum Gasteiger partial charge on any atom is -0.497 e. The van der Waals surface area contributed by atoms with E-state index in [1.807, 2.05) is 77.4 Å². The molecule has 0 saturated heterocycles. The van der Waals surface area contributed by atoms with E-state index in [4.69, 9.17) is 21.1 Å². The van der Waals surface area contributed by atoms with Crippen molar-refractivity contribution in [1.29, 1.82) is 0 Å². The van der Waals surface area contributed by atoms with Crippen LogP contribution in [-0.2, 0) is 5.75 Å². The molecule has 0 spiro atoms. The lowest BCUT2D eigenvalue weighted by Crippen LogP contribution is -2.02. The summed E-state index contributed by atoms with van der Waals surface area (Å²) in [6, 6.07) is 23.4. The molecule has 0 fully saturated rings. The number of thioether (sulfide) groups is 1. The SMILES string of the molecule is COc1ccc(CSc2nnc(-c3ccccc3Cl)n2-c2ccccc2OC)cc1. The number of aromatic nitrogens is 3. The van der Waals surface area contributed by atoms with Crippen LogP contribution in [0.5, 0.6) is 11.5 Å². The zero-order valence-corrected chi connectivity index (χ0v) is 18.2. The number of benzene rings is 3. The van der Waals surface area contributed by atoms with Crippen LogP contribution in [0, 0.1) is 0 Å². The molecule has 5 nitrogen and oxygen atoms in total. The number of hydrogen-bond donors (Lipinski definition) is 0. The summed E-state index contributed by atoms with van der Waals surface area (Å²) in [5, 5.41) is 10.3. The maximum atomic E-state index is 6.47. The second kappa shape index (κ2) is 9.24. The van der Waals surface area contributed by atoms with Crippen LogP contribution in [0.4, 0.5) is 0 Å². The number of halogens is 1. The third-order valence-corrected chi connectivity index (χ3v) is 5.93. The van der Waals surface area contributed by atoms with Crippen molar-refractivity contribution in [2.45, 2.75) is 10.9 Å². The van der Waals surface area contributed by atoms with Gasteiger partial charge in [0.25, 0.3) is 0 Å². The fraction of sp³-hybridized carbons (Fsp3) is 0.130. The van der Waals surface area contributed by atoms with Crippen molar-refractivity contribution >= 4 is 23.4 Å². The Kier molecular flexibility index (Phi) is 6.26.